The summed E-state index contributed by atoms with van der Waals surface area (Å²) in [5.41, 5.74) is 1.13. The molecule has 0 fully saturated rings. The Morgan fingerprint density at radius 1 is 1.17 bits per heavy atom. The largest absolute Gasteiger partial charge is 0.486 e. The number of ether oxygens (including phenoxy) is 2. The Hall–Kier alpha value is -1.34. The highest BCUT2D eigenvalue weighted by molar-refractivity contribution is 5.29. The Morgan fingerprint density at radius 2 is 1.78 bits per heavy atom. The van der Waals surface area contributed by atoms with Crippen molar-refractivity contribution in [2.24, 2.45) is 0 Å². The number of benzene rings is 1. The van der Waals surface area contributed by atoms with Crippen LogP contribution in [-0.2, 0) is 4.74 Å². The van der Waals surface area contributed by atoms with Gasteiger partial charge in [0.2, 0.25) is 0 Å². The molecule has 1 aromatic rings. The third-order valence-electron chi connectivity index (χ3n) is 3.49. The molecule has 0 aliphatic carbocycles. The fourth-order valence-corrected chi connectivity index (χ4v) is 1.82. The number of aliphatic hydroxyl groups is 1. The SMILES string of the molecule is CCC(C)c1ccc(OC(CO)COCC(F)(F)C(F)F)cc1. The van der Waals surface area contributed by atoms with Crippen molar-refractivity contribution in [1.82, 2.24) is 0 Å². The van der Waals surface area contributed by atoms with Crippen LogP contribution in [0.2, 0.25) is 0 Å². The van der Waals surface area contributed by atoms with Gasteiger partial charge in [-0.1, -0.05) is 26.0 Å². The van der Waals surface area contributed by atoms with E-state index in [0.717, 1.165) is 12.0 Å². The first kappa shape index (κ1) is 19.7. The Bertz CT molecular complexity index is 451. The van der Waals surface area contributed by atoms with Crippen LogP contribution in [0.4, 0.5) is 17.6 Å². The van der Waals surface area contributed by atoms with Crippen molar-refractivity contribution in [3.63, 3.8) is 0 Å². The average molecular weight is 338 g/mol. The molecule has 23 heavy (non-hydrogen) atoms. The summed E-state index contributed by atoms with van der Waals surface area (Å²) in [6.45, 7) is 1.85. The van der Waals surface area contributed by atoms with Crippen molar-refractivity contribution in [1.29, 1.82) is 0 Å². The van der Waals surface area contributed by atoms with Gasteiger partial charge >= 0.3 is 12.3 Å². The number of alkyl halides is 4. The summed E-state index contributed by atoms with van der Waals surface area (Å²) in [4.78, 5) is 0. The fraction of sp³-hybridized carbons (Fsp3) is 0.625. The van der Waals surface area contributed by atoms with E-state index in [-0.39, 0.29) is 0 Å². The standard InChI is InChI=1S/C16H22F4O3/c1-3-11(2)12-4-6-13(7-5-12)23-14(8-21)9-22-10-16(19,20)15(17)18/h4-7,11,14-15,21H,3,8-10H2,1-2H3. The summed E-state index contributed by atoms with van der Waals surface area (Å²) in [5.74, 6) is -3.37. The molecule has 0 heterocycles. The van der Waals surface area contributed by atoms with Gasteiger partial charge in [-0.25, -0.2) is 8.78 Å². The molecule has 2 atom stereocenters. The molecule has 1 N–H and O–H groups in total. The predicted molar refractivity (Wildman–Crippen MR) is 78.4 cm³/mol. The first-order chi connectivity index (χ1) is 10.8. The Labute approximate surface area is 133 Å². The van der Waals surface area contributed by atoms with E-state index in [1.807, 2.05) is 12.1 Å². The van der Waals surface area contributed by atoms with Gasteiger partial charge in [-0.3, -0.25) is 0 Å². The molecule has 0 aliphatic heterocycles. The zero-order chi connectivity index (χ0) is 17.5. The maximum atomic E-state index is 12.7. The lowest BCUT2D eigenvalue weighted by Crippen LogP contribution is -2.35. The van der Waals surface area contributed by atoms with Gasteiger partial charge in [-0.05, 0) is 30.0 Å². The molecule has 0 saturated carbocycles. The molecule has 0 amide bonds. The molecule has 132 valence electrons. The third-order valence-corrected chi connectivity index (χ3v) is 3.49. The van der Waals surface area contributed by atoms with Crippen molar-refractivity contribution in [3.8, 4) is 5.75 Å². The molecule has 7 heteroatoms. The summed E-state index contributed by atoms with van der Waals surface area (Å²) in [5, 5.41) is 9.17. The Morgan fingerprint density at radius 3 is 2.26 bits per heavy atom. The van der Waals surface area contributed by atoms with Crippen LogP contribution in [0.5, 0.6) is 5.75 Å². The molecular weight excluding hydrogens is 316 g/mol. The zero-order valence-electron chi connectivity index (χ0n) is 13.1. The second-order valence-corrected chi connectivity index (χ2v) is 5.38. The lowest BCUT2D eigenvalue weighted by molar-refractivity contribution is -0.170. The zero-order valence-corrected chi connectivity index (χ0v) is 13.1. The van der Waals surface area contributed by atoms with E-state index in [0.29, 0.717) is 11.7 Å². The maximum absolute atomic E-state index is 12.7. The number of aliphatic hydroxyl groups excluding tert-OH is 1. The van der Waals surface area contributed by atoms with Crippen LogP contribution in [-0.4, -0.2) is 43.4 Å². The maximum Gasteiger partial charge on any atom is 0.330 e. The van der Waals surface area contributed by atoms with Gasteiger partial charge in [-0.15, -0.1) is 0 Å². The minimum Gasteiger partial charge on any atom is -0.486 e. The minimum absolute atomic E-state index is 0.401. The van der Waals surface area contributed by atoms with E-state index in [9.17, 15) is 17.6 Å². The van der Waals surface area contributed by atoms with Crippen molar-refractivity contribution in [2.45, 2.75) is 44.6 Å². The van der Waals surface area contributed by atoms with Crippen LogP contribution < -0.4 is 4.74 Å². The van der Waals surface area contributed by atoms with Gasteiger partial charge in [-0.2, -0.15) is 8.78 Å². The van der Waals surface area contributed by atoms with Gasteiger partial charge in [0.15, 0.2) is 0 Å². The highest BCUT2D eigenvalue weighted by atomic mass is 19.3. The molecule has 0 aliphatic rings. The van der Waals surface area contributed by atoms with Crippen LogP contribution in [0, 0.1) is 0 Å². The molecule has 0 spiro atoms. The third kappa shape index (κ3) is 6.35. The Kier molecular flexibility index (Phi) is 7.78. The number of hydrogen-bond donors (Lipinski definition) is 1. The number of halogens is 4. The Balaban J connectivity index is 2.50. The molecule has 0 radical (unpaired) electrons. The number of hydrogen-bond acceptors (Lipinski definition) is 3. The van der Waals surface area contributed by atoms with Gasteiger partial charge in [0.05, 0.1) is 13.2 Å². The van der Waals surface area contributed by atoms with Gasteiger partial charge in [0, 0.05) is 0 Å². The van der Waals surface area contributed by atoms with E-state index in [1.165, 1.54) is 0 Å². The average Bonchev–Trinajstić information content (AvgIpc) is 2.53. The quantitative estimate of drug-likeness (QED) is 0.659. The second-order valence-electron chi connectivity index (χ2n) is 5.38. The first-order valence-corrected chi connectivity index (χ1v) is 7.41. The van der Waals surface area contributed by atoms with Crippen LogP contribution in [0.15, 0.2) is 24.3 Å². The summed E-state index contributed by atoms with van der Waals surface area (Å²) in [6.07, 6.45) is -3.70. The first-order valence-electron chi connectivity index (χ1n) is 7.41. The van der Waals surface area contributed by atoms with Crippen molar-refractivity contribution in [2.75, 3.05) is 19.8 Å². The number of rotatable bonds is 10. The normalized spacial score (nSPS) is 14.8. The molecule has 2 unspecified atom stereocenters. The molecule has 0 saturated heterocycles. The minimum atomic E-state index is -4.21. The monoisotopic (exact) mass is 338 g/mol. The van der Waals surface area contributed by atoms with Gasteiger partial charge in [0.25, 0.3) is 0 Å². The summed E-state index contributed by atoms with van der Waals surface area (Å²) in [7, 11) is 0. The molecule has 1 rings (SSSR count). The molecule has 3 nitrogen and oxygen atoms in total. The summed E-state index contributed by atoms with van der Waals surface area (Å²) in [6, 6.07) is 7.17. The van der Waals surface area contributed by atoms with Gasteiger partial charge < -0.3 is 14.6 Å². The van der Waals surface area contributed by atoms with E-state index in [2.05, 4.69) is 18.6 Å². The predicted octanol–water partition coefficient (Wildman–Crippen LogP) is 3.86. The van der Waals surface area contributed by atoms with E-state index < -0.39 is 38.3 Å². The highest BCUT2D eigenvalue weighted by Crippen LogP contribution is 2.24. The molecule has 1 aromatic carbocycles. The van der Waals surface area contributed by atoms with Crippen molar-refractivity contribution < 1.29 is 32.1 Å². The second kappa shape index (κ2) is 9.08. The van der Waals surface area contributed by atoms with Crippen LogP contribution in [0.1, 0.15) is 31.7 Å². The van der Waals surface area contributed by atoms with Crippen molar-refractivity contribution in [3.05, 3.63) is 29.8 Å². The van der Waals surface area contributed by atoms with E-state index >= 15 is 0 Å². The molecule has 0 bridgehead atoms. The van der Waals surface area contributed by atoms with Crippen LogP contribution in [0.3, 0.4) is 0 Å². The lowest BCUT2D eigenvalue weighted by Gasteiger charge is -2.20. The summed E-state index contributed by atoms with van der Waals surface area (Å²) < 4.78 is 59.3. The lowest BCUT2D eigenvalue weighted by atomic mass is 9.99. The molecular formula is C16H22F4O3. The topological polar surface area (TPSA) is 38.7 Å². The van der Waals surface area contributed by atoms with E-state index in [4.69, 9.17) is 9.84 Å². The van der Waals surface area contributed by atoms with Gasteiger partial charge in [0.1, 0.15) is 18.5 Å². The van der Waals surface area contributed by atoms with E-state index in [1.54, 1.807) is 12.1 Å². The smallest absolute Gasteiger partial charge is 0.330 e. The molecule has 0 aromatic heterocycles. The van der Waals surface area contributed by atoms with Crippen LogP contribution >= 0.6 is 0 Å². The fourth-order valence-electron chi connectivity index (χ4n) is 1.82. The summed E-state index contributed by atoms with van der Waals surface area (Å²) >= 11 is 0. The highest BCUT2D eigenvalue weighted by Gasteiger charge is 2.41. The van der Waals surface area contributed by atoms with Crippen LogP contribution in [0.25, 0.3) is 0 Å². The van der Waals surface area contributed by atoms with Crippen molar-refractivity contribution >= 4 is 0 Å².